The topological polar surface area (TPSA) is 26.3 Å². The standard InChI is InChI=1S/C13H22O2/c1-4-6-7-11-8-9-12(14)13(11)10(3)15-5-2/h11H,4-9H2,1-3H3/b13-10+. The molecule has 15 heavy (non-hydrogen) atoms. The van der Waals surface area contributed by atoms with E-state index in [1.165, 1.54) is 12.8 Å². The van der Waals surface area contributed by atoms with E-state index in [1.54, 1.807) is 0 Å². The van der Waals surface area contributed by atoms with Crippen LogP contribution in [0.1, 0.15) is 52.9 Å². The van der Waals surface area contributed by atoms with Crippen LogP contribution in [-0.2, 0) is 9.53 Å². The van der Waals surface area contributed by atoms with Crippen LogP contribution in [-0.4, -0.2) is 12.4 Å². The summed E-state index contributed by atoms with van der Waals surface area (Å²) in [7, 11) is 0. The third-order valence-electron chi connectivity index (χ3n) is 3.07. The molecule has 1 saturated carbocycles. The average molecular weight is 210 g/mol. The molecule has 0 aromatic carbocycles. The molecule has 86 valence electrons. The third-order valence-corrected chi connectivity index (χ3v) is 3.07. The normalized spacial score (nSPS) is 24.5. The van der Waals surface area contributed by atoms with Gasteiger partial charge in [-0.2, -0.15) is 0 Å². The highest BCUT2D eigenvalue weighted by Crippen LogP contribution is 2.34. The van der Waals surface area contributed by atoms with Crippen LogP contribution in [0.15, 0.2) is 11.3 Å². The van der Waals surface area contributed by atoms with Crippen molar-refractivity contribution in [3.63, 3.8) is 0 Å². The molecule has 1 aliphatic carbocycles. The zero-order chi connectivity index (χ0) is 11.3. The first kappa shape index (κ1) is 12.3. The molecule has 0 aliphatic heterocycles. The van der Waals surface area contributed by atoms with E-state index < -0.39 is 0 Å². The maximum absolute atomic E-state index is 11.7. The Kier molecular flexibility index (Phi) is 4.86. The molecular weight excluding hydrogens is 188 g/mol. The molecular formula is C13H22O2. The Morgan fingerprint density at radius 1 is 1.47 bits per heavy atom. The van der Waals surface area contributed by atoms with E-state index in [-0.39, 0.29) is 0 Å². The zero-order valence-corrected chi connectivity index (χ0v) is 10.1. The lowest BCUT2D eigenvalue weighted by Gasteiger charge is -2.13. The Morgan fingerprint density at radius 3 is 2.80 bits per heavy atom. The first-order valence-electron chi connectivity index (χ1n) is 6.07. The lowest BCUT2D eigenvalue weighted by Crippen LogP contribution is -2.06. The predicted octanol–water partition coefficient (Wildman–Crippen LogP) is 3.47. The van der Waals surface area contributed by atoms with E-state index in [4.69, 9.17) is 4.74 Å². The van der Waals surface area contributed by atoms with E-state index in [2.05, 4.69) is 6.92 Å². The number of carbonyl (C=O) groups is 1. The van der Waals surface area contributed by atoms with Crippen LogP contribution in [0.2, 0.25) is 0 Å². The minimum atomic E-state index is 0.307. The van der Waals surface area contributed by atoms with Gasteiger partial charge in [-0.05, 0) is 32.6 Å². The maximum atomic E-state index is 11.7. The fraction of sp³-hybridized carbons (Fsp3) is 0.769. The van der Waals surface area contributed by atoms with Crippen molar-refractivity contribution in [1.29, 1.82) is 0 Å². The molecule has 1 unspecified atom stereocenters. The smallest absolute Gasteiger partial charge is 0.162 e. The van der Waals surface area contributed by atoms with Crippen LogP contribution >= 0.6 is 0 Å². The molecule has 0 radical (unpaired) electrons. The molecule has 1 fully saturated rings. The molecule has 0 saturated heterocycles. The van der Waals surface area contributed by atoms with Gasteiger partial charge in [0.15, 0.2) is 5.78 Å². The summed E-state index contributed by atoms with van der Waals surface area (Å²) in [4.78, 5) is 11.7. The summed E-state index contributed by atoms with van der Waals surface area (Å²) in [6, 6.07) is 0. The van der Waals surface area contributed by atoms with Gasteiger partial charge in [0.2, 0.25) is 0 Å². The summed E-state index contributed by atoms with van der Waals surface area (Å²) >= 11 is 0. The third kappa shape index (κ3) is 3.08. The predicted molar refractivity (Wildman–Crippen MR) is 61.6 cm³/mol. The average Bonchev–Trinajstić information content (AvgIpc) is 2.57. The number of Topliss-reactive ketones (excluding diaryl/α,β-unsaturated/α-hetero) is 1. The molecule has 0 N–H and O–H groups in total. The fourth-order valence-electron chi connectivity index (χ4n) is 2.33. The van der Waals surface area contributed by atoms with Gasteiger partial charge in [-0.15, -0.1) is 0 Å². The van der Waals surface area contributed by atoms with E-state index in [0.717, 1.165) is 24.2 Å². The number of hydrogen-bond acceptors (Lipinski definition) is 2. The van der Waals surface area contributed by atoms with Crippen molar-refractivity contribution in [3.05, 3.63) is 11.3 Å². The van der Waals surface area contributed by atoms with Gasteiger partial charge in [0, 0.05) is 12.0 Å². The Hall–Kier alpha value is -0.790. The molecule has 1 rings (SSSR count). The van der Waals surface area contributed by atoms with Crippen molar-refractivity contribution in [1.82, 2.24) is 0 Å². The van der Waals surface area contributed by atoms with E-state index in [1.807, 2.05) is 13.8 Å². The molecule has 2 heteroatoms. The fourth-order valence-corrected chi connectivity index (χ4v) is 2.33. The van der Waals surface area contributed by atoms with Gasteiger partial charge in [-0.1, -0.05) is 19.8 Å². The van der Waals surface area contributed by atoms with Gasteiger partial charge in [-0.3, -0.25) is 4.79 Å². The highest BCUT2D eigenvalue weighted by atomic mass is 16.5. The molecule has 1 aliphatic rings. The molecule has 0 bridgehead atoms. The highest BCUT2D eigenvalue weighted by Gasteiger charge is 2.30. The molecule has 1 atom stereocenters. The van der Waals surface area contributed by atoms with Crippen molar-refractivity contribution in [2.24, 2.45) is 5.92 Å². The van der Waals surface area contributed by atoms with Gasteiger partial charge >= 0.3 is 0 Å². The second kappa shape index (κ2) is 5.94. The van der Waals surface area contributed by atoms with Crippen molar-refractivity contribution >= 4 is 5.78 Å². The van der Waals surface area contributed by atoms with Crippen molar-refractivity contribution in [2.75, 3.05) is 6.61 Å². The van der Waals surface area contributed by atoms with Gasteiger partial charge in [0.1, 0.15) is 0 Å². The Balaban J connectivity index is 2.71. The summed E-state index contributed by atoms with van der Waals surface area (Å²) in [6.07, 6.45) is 5.29. The number of ketones is 1. The molecule has 0 spiro atoms. The van der Waals surface area contributed by atoms with Crippen LogP contribution < -0.4 is 0 Å². The number of carbonyl (C=O) groups excluding carboxylic acids is 1. The summed E-state index contributed by atoms with van der Waals surface area (Å²) in [5.41, 5.74) is 0.977. The molecule has 0 heterocycles. The lowest BCUT2D eigenvalue weighted by molar-refractivity contribution is -0.114. The van der Waals surface area contributed by atoms with E-state index in [9.17, 15) is 4.79 Å². The quantitative estimate of drug-likeness (QED) is 0.513. The lowest BCUT2D eigenvalue weighted by atomic mass is 9.95. The van der Waals surface area contributed by atoms with Crippen molar-refractivity contribution in [2.45, 2.75) is 52.9 Å². The van der Waals surface area contributed by atoms with Gasteiger partial charge < -0.3 is 4.74 Å². The summed E-state index contributed by atoms with van der Waals surface area (Å²) in [6.45, 7) is 6.74. The number of ether oxygens (including phenoxy) is 1. The van der Waals surface area contributed by atoms with E-state index in [0.29, 0.717) is 24.7 Å². The number of rotatable bonds is 5. The second-order valence-corrected chi connectivity index (χ2v) is 4.20. The first-order valence-corrected chi connectivity index (χ1v) is 6.07. The molecule has 2 nitrogen and oxygen atoms in total. The highest BCUT2D eigenvalue weighted by molar-refractivity contribution is 5.98. The van der Waals surface area contributed by atoms with Gasteiger partial charge in [-0.25, -0.2) is 0 Å². The SMILES string of the molecule is CCCCC1CCC(=O)/C1=C(\C)OCC. The Morgan fingerprint density at radius 2 is 2.20 bits per heavy atom. The zero-order valence-electron chi connectivity index (χ0n) is 10.1. The van der Waals surface area contributed by atoms with Crippen LogP contribution in [0.25, 0.3) is 0 Å². The second-order valence-electron chi connectivity index (χ2n) is 4.20. The summed E-state index contributed by atoms with van der Waals surface area (Å²) in [5.74, 6) is 1.63. The molecule has 0 aromatic heterocycles. The number of hydrogen-bond donors (Lipinski definition) is 0. The molecule has 0 aromatic rings. The van der Waals surface area contributed by atoms with Crippen LogP contribution in [0.3, 0.4) is 0 Å². The summed E-state index contributed by atoms with van der Waals surface area (Å²) in [5, 5.41) is 0. The first-order chi connectivity index (χ1) is 7.20. The monoisotopic (exact) mass is 210 g/mol. The minimum Gasteiger partial charge on any atom is -0.498 e. The number of allylic oxidation sites excluding steroid dienone is 2. The van der Waals surface area contributed by atoms with Gasteiger partial charge in [0.25, 0.3) is 0 Å². The number of unbranched alkanes of at least 4 members (excludes halogenated alkanes) is 1. The largest absolute Gasteiger partial charge is 0.498 e. The Bertz CT molecular complexity index is 253. The maximum Gasteiger partial charge on any atom is 0.162 e. The van der Waals surface area contributed by atoms with E-state index >= 15 is 0 Å². The van der Waals surface area contributed by atoms with Crippen LogP contribution in [0.4, 0.5) is 0 Å². The minimum absolute atomic E-state index is 0.307. The summed E-state index contributed by atoms with van der Waals surface area (Å²) < 4.78 is 5.47. The van der Waals surface area contributed by atoms with Crippen LogP contribution in [0, 0.1) is 5.92 Å². The Labute approximate surface area is 92.7 Å². The van der Waals surface area contributed by atoms with Crippen LogP contribution in [0.5, 0.6) is 0 Å². The molecule has 0 amide bonds. The van der Waals surface area contributed by atoms with Crippen molar-refractivity contribution in [3.8, 4) is 0 Å². The van der Waals surface area contributed by atoms with Crippen molar-refractivity contribution < 1.29 is 9.53 Å². The van der Waals surface area contributed by atoms with Gasteiger partial charge in [0.05, 0.1) is 12.4 Å².